The lowest BCUT2D eigenvalue weighted by molar-refractivity contribution is 0.0997. The van der Waals surface area contributed by atoms with Crippen molar-refractivity contribution in [3.8, 4) is 28.5 Å². The van der Waals surface area contributed by atoms with Crippen LogP contribution in [0.4, 0.5) is 0 Å². The predicted octanol–water partition coefficient (Wildman–Crippen LogP) is 5.62. The zero-order valence-electron chi connectivity index (χ0n) is 17.8. The highest BCUT2D eigenvalue weighted by Crippen LogP contribution is 2.38. The molecule has 0 unspecified atom stereocenters. The van der Waals surface area contributed by atoms with Crippen molar-refractivity contribution >= 4 is 40.4 Å². The largest absolute Gasteiger partial charge is 0.493 e. The quantitative estimate of drug-likeness (QED) is 0.459. The van der Waals surface area contributed by atoms with Gasteiger partial charge in [-0.15, -0.1) is 11.3 Å². The molecule has 9 heteroatoms. The molecule has 1 amide bonds. The van der Waals surface area contributed by atoms with E-state index in [4.69, 9.17) is 37.4 Å². The van der Waals surface area contributed by atoms with Crippen LogP contribution in [0.1, 0.15) is 22.2 Å². The smallest absolute Gasteiger partial charge is 0.279 e. The van der Waals surface area contributed by atoms with Crippen molar-refractivity contribution in [3.05, 3.63) is 55.6 Å². The standard InChI is InChI=1S/C22H22Cl2N2O4S/c1-6-26-19(13-7-8-15(23)16(24)9-13)12(2)31-22(26)25-21(27)14-10-17(28-3)20(30-5)18(11-14)29-4/h7-11H,6H2,1-5H3. The van der Waals surface area contributed by atoms with Crippen molar-refractivity contribution in [2.24, 2.45) is 4.99 Å². The minimum Gasteiger partial charge on any atom is -0.493 e. The average molecular weight is 481 g/mol. The van der Waals surface area contributed by atoms with Gasteiger partial charge >= 0.3 is 0 Å². The van der Waals surface area contributed by atoms with E-state index in [-0.39, 0.29) is 0 Å². The summed E-state index contributed by atoms with van der Waals surface area (Å²) in [6.45, 7) is 4.61. The van der Waals surface area contributed by atoms with E-state index in [9.17, 15) is 4.79 Å². The number of carbonyl (C=O) groups is 1. The van der Waals surface area contributed by atoms with Crippen LogP contribution in [-0.2, 0) is 6.54 Å². The monoisotopic (exact) mass is 480 g/mol. The van der Waals surface area contributed by atoms with E-state index in [1.54, 1.807) is 18.2 Å². The fourth-order valence-corrected chi connectivity index (χ4v) is 4.62. The Morgan fingerprint density at radius 3 is 2.19 bits per heavy atom. The van der Waals surface area contributed by atoms with Crippen molar-refractivity contribution in [1.29, 1.82) is 0 Å². The molecule has 3 rings (SSSR count). The highest BCUT2D eigenvalue weighted by Gasteiger charge is 2.18. The number of hydrogen-bond donors (Lipinski definition) is 0. The maximum atomic E-state index is 13.0. The number of aromatic nitrogens is 1. The van der Waals surface area contributed by atoms with E-state index in [1.165, 1.54) is 32.7 Å². The minimum absolute atomic E-state index is 0.333. The molecular formula is C22H22Cl2N2O4S. The molecule has 31 heavy (non-hydrogen) atoms. The number of hydrogen-bond acceptors (Lipinski definition) is 5. The summed E-state index contributed by atoms with van der Waals surface area (Å²) in [6, 6.07) is 8.65. The van der Waals surface area contributed by atoms with Crippen molar-refractivity contribution in [2.75, 3.05) is 21.3 Å². The first kappa shape index (κ1) is 23.2. The fraction of sp³-hybridized carbons (Fsp3) is 0.273. The molecule has 1 aromatic heterocycles. The number of halogens is 2. The zero-order valence-corrected chi connectivity index (χ0v) is 20.1. The van der Waals surface area contributed by atoms with Crippen molar-refractivity contribution in [2.45, 2.75) is 20.4 Å². The van der Waals surface area contributed by atoms with Crippen molar-refractivity contribution in [3.63, 3.8) is 0 Å². The molecule has 2 aromatic carbocycles. The number of thiazole rings is 1. The second-order valence-corrected chi connectivity index (χ2v) is 8.49. The van der Waals surface area contributed by atoms with Gasteiger partial charge in [0.25, 0.3) is 5.91 Å². The first-order valence-electron chi connectivity index (χ1n) is 9.39. The van der Waals surface area contributed by atoms with Gasteiger partial charge < -0.3 is 18.8 Å². The van der Waals surface area contributed by atoms with E-state index in [1.807, 2.05) is 30.5 Å². The Bertz CT molecular complexity index is 1180. The van der Waals surface area contributed by atoms with Crippen LogP contribution in [0.2, 0.25) is 10.0 Å². The first-order valence-corrected chi connectivity index (χ1v) is 11.0. The van der Waals surface area contributed by atoms with Crippen LogP contribution in [-0.4, -0.2) is 31.8 Å². The molecule has 0 saturated carbocycles. The lowest BCUT2D eigenvalue weighted by Crippen LogP contribution is -2.17. The normalized spacial score (nSPS) is 11.5. The number of nitrogens with zero attached hydrogens (tertiary/aromatic N) is 2. The Morgan fingerprint density at radius 1 is 1.03 bits per heavy atom. The Kier molecular flexibility index (Phi) is 7.30. The highest BCUT2D eigenvalue weighted by atomic mass is 35.5. The summed E-state index contributed by atoms with van der Waals surface area (Å²) in [5.41, 5.74) is 2.19. The first-order chi connectivity index (χ1) is 14.8. The molecule has 0 N–H and O–H groups in total. The lowest BCUT2D eigenvalue weighted by Gasteiger charge is -2.12. The Hall–Kier alpha value is -2.48. The summed E-state index contributed by atoms with van der Waals surface area (Å²) in [5, 5.41) is 0.961. The summed E-state index contributed by atoms with van der Waals surface area (Å²) < 4.78 is 18.0. The van der Waals surface area contributed by atoms with Gasteiger partial charge in [-0.05, 0) is 38.1 Å². The van der Waals surface area contributed by atoms with E-state index < -0.39 is 5.91 Å². The second kappa shape index (κ2) is 9.77. The second-order valence-electron chi connectivity index (χ2n) is 6.49. The molecule has 0 bridgehead atoms. The molecular weight excluding hydrogens is 459 g/mol. The van der Waals surface area contributed by atoms with E-state index >= 15 is 0 Å². The number of ether oxygens (including phenoxy) is 3. The van der Waals surface area contributed by atoms with Gasteiger partial charge in [-0.1, -0.05) is 29.3 Å². The van der Waals surface area contributed by atoms with Crippen LogP contribution in [0, 0.1) is 6.92 Å². The molecule has 164 valence electrons. The third-order valence-electron chi connectivity index (χ3n) is 4.70. The van der Waals surface area contributed by atoms with Crippen molar-refractivity contribution < 1.29 is 19.0 Å². The van der Waals surface area contributed by atoms with Crippen LogP contribution in [0.3, 0.4) is 0 Å². The van der Waals surface area contributed by atoms with Crippen LogP contribution < -0.4 is 19.0 Å². The lowest BCUT2D eigenvalue weighted by atomic mass is 10.1. The van der Waals surface area contributed by atoms with Crippen LogP contribution in [0.15, 0.2) is 35.3 Å². The van der Waals surface area contributed by atoms with Gasteiger partial charge in [0.2, 0.25) is 5.75 Å². The van der Waals surface area contributed by atoms with Crippen molar-refractivity contribution in [1.82, 2.24) is 4.57 Å². The third-order valence-corrected chi connectivity index (χ3v) is 6.43. The maximum Gasteiger partial charge on any atom is 0.279 e. The molecule has 0 radical (unpaired) electrons. The summed E-state index contributed by atoms with van der Waals surface area (Å²) in [7, 11) is 4.51. The van der Waals surface area contributed by atoms with Gasteiger partial charge in [-0.2, -0.15) is 4.99 Å². The Labute approximate surface area is 194 Å². The summed E-state index contributed by atoms with van der Waals surface area (Å²) >= 11 is 13.7. The number of amides is 1. The summed E-state index contributed by atoms with van der Waals surface area (Å²) in [4.78, 5) is 19.0. The Morgan fingerprint density at radius 2 is 1.68 bits per heavy atom. The molecule has 6 nitrogen and oxygen atoms in total. The SMILES string of the molecule is CCn1c(-c2ccc(Cl)c(Cl)c2)c(C)sc1=NC(=O)c1cc(OC)c(OC)c(OC)c1. The Balaban J connectivity index is 2.12. The van der Waals surface area contributed by atoms with Crippen LogP contribution in [0.25, 0.3) is 11.3 Å². The summed E-state index contributed by atoms with van der Waals surface area (Å²) in [6.07, 6.45) is 0. The zero-order chi connectivity index (χ0) is 22.7. The molecule has 0 saturated heterocycles. The van der Waals surface area contributed by atoms with Gasteiger partial charge in [-0.3, -0.25) is 4.79 Å². The van der Waals surface area contributed by atoms with Gasteiger partial charge in [0, 0.05) is 22.5 Å². The molecule has 0 fully saturated rings. The average Bonchev–Trinajstić information content (AvgIpc) is 3.08. The third kappa shape index (κ3) is 4.59. The van der Waals surface area contributed by atoms with Crippen LogP contribution in [0.5, 0.6) is 17.2 Å². The van der Waals surface area contributed by atoms with Gasteiger partial charge in [-0.25, -0.2) is 0 Å². The number of benzene rings is 2. The van der Waals surface area contributed by atoms with E-state index in [0.717, 1.165) is 16.1 Å². The van der Waals surface area contributed by atoms with Crippen LogP contribution >= 0.6 is 34.5 Å². The number of aryl methyl sites for hydroxylation is 1. The van der Waals surface area contributed by atoms with Gasteiger partial charge in [0.05, 0.1) is 37.1 Å². The number of carbonyl (C=O) groups excluding carboxylic acids is 1. The molecule has 0 atom stereocenters. The summed E-state index contributed by atoms with van der Waals surface area (Å²) in [5.74, 6) is 0.785. The number of methoxy groups -OCH3 is 3. The van der Waals surface area contributed by atoms with Gasteiger partial charge in [0.1, 0.15) is 0 Å². The fourth-order valence-electron chi connectivity index (χ4n) is 3.26. The number of rotatable bonds is 6. The van der Waals surface area contributed by atoms with E-state index in [0.29, 0.717) is 44.2 Å². The molecule has 0 aliphatic heterocycles. The minimum atomic E-state index is -0.414. The van der Waals surface area contributed by atoms with Gasteiger partial charge in [0.15, 0.2) is 16.3 Å². The molecule has 0 aliphatic rings. The predicted molar refractivity (Wildman–Crippen MR) is 124 cm³/mol. The topological polar surface area (TPSA) is 62.1 Å². The van der Waals surface area contributed by atoms with E-state index in [2.05, 4.69) is 4.99 Å². The molecule has 0 aliphatic carbocycles. The molecule has 1 heterocycles. The molecule has 0 spiro atoms. The highest BCUT2D eigenvalue weighted by molar-refractivity contribution is 7.09. The molecule has 3 aromatic rings. The maximum absolute atomic E-state index is 13.0.